The zero-order chi connectivity index (χ0) is 43.9. The zero-order valence-corrected chi connectivity index (χ0v) is 38.6. The van der Waals surface area contributed by atoms with E-state index in [2.05, 4.69) is 255 Å². The van der Waals surface area contributed by atoms with Crippen molar-refractivity contribution in [3.05, 3.63) is 230 Å². The number of hydrogen-bond donors (Lipinski definition) is 0. The van der Waals surface area contributed by atoms with Crippen LogP contribution in [0.15, 0.2) is 218 Å². The van der Waals surface area contributed by atoms with E-state index in [1.165, 1.54) is 105 Å². The van der Waals surface area contributed by atoms with Gasteiger partial charge in [-0.2, -0.15) is 0 Å². The fourth-order valence-corrected chi connectivity index (χ4v) is 16.4. The van der Waals surface area contributed by atoms with Gasteiger partial charge >= 0.3 is 0 Å². The number of aromatic nitrogens is 2. The lowest BCUT2D eigenvalue weighted by Crippen LogP contribution is -2.75. The second-order valence-electron chi connectivity index (χ2n) is 19.5. The highest BCUT2D eigenvalue weighted by Gasteiger charge is 2.44. The highest BCUT2D eigenvalue weighted by atomic mass is 28.3. The molecule has 3 heteroatoms. The third-order valence-electron chi connectivity index (χ3n) is 14.9. The molecule has 0 bridgehead atoms. The Labute approximate surface area is 383 Å². The molecule has 2 nitrogen and oxygen atoms in total. The van der Waals surface area contributed by atoms with E-state index in [4.69, 9.17) is 0 Å². The molecule has 0 saturated heterocycles. The number of fused-ring (bicyclic) bond motifs is 7. The molecule has 0 N–H and O–H groups in total. The summed E-state index contributed by atoms with van der Waals surface area (Å²) in [4.78, 5) is 0. The van der Waals surface area contributed by atoms with E-state index in [0.29, 0.717) is 0 Å². The van der Waals surface area contributed by atoms with Crippen LogP contribution in [0, 0.1) is 0 Å². The Morgan fingerprint density at radius 3 is 1.58 bits per heavy atom. The third kappa shape index (κ3) is 6.06. The van der Waals surface area contributed by atoms with Gasteiger partial charge in [-0.3, -0.25) is 0 Å². The van der Waals surface area contributed by atoms with Crippen LogP contribution >= 0.6 is 0 Å². The van der Waals surface area contributed by atoms with Crippen molar-refractivity contribution >= 4 is 72.4 Å². The van der Waals surface area contributed by atoms with E-state index >= 15 is 0 Å². The predicted octanol–water partition coefficient (Wildman–Crippen LogP) is 13.3. The Bertz CT molecular complexity index is 3550. The molecule has 1 aliphatic carbocycles. The van der Waals surface area contributed by atoms with E-state index in [0.717, 1.165) is 5.69 Å². The van der Waals surface area contributed by atoms with Crippen molar-refractivity contribution in [3.63, 3.8) is 0 Å². The van der Waals surface area contributed by atoms with Gasteiger partial charge in [-0.25, -0.2) is 0 Å². The van der Waals surface area contributed by atoms with Crippen LogP contribution in [-0.4, -0.2) is 17.2 Å². The van der Waals surface area contributed by atoms with Crippen LogP contribution in [0.3, 0.4) is 0 Å². The van der Waals surface area contributed by atoms with Gasteiger partial charge in [0.25, 0.3) is 0 Å². The van der Waals surface area contributed by atoms with Gasteiger partial charge in [0.1, 0.15) is 0 Å². The molecule has 0 atom stereocenters. The van der Waals surface area contributed by atoms with E-state index in [9.17, 15) is 0 Å². The van der Waals surface area contributed by atoms with Crippen LogP contribution in [-0.2, 0) is 10.8 Å². The monoisotopic (exact) mass is 852 g/mol. The van der Waals surface area contributed by atoms with Gasteiger partial charge in [0.2, 0.25) is 0 Å². The van der Waals surface area contributed by atoms with Crippen LogP contribution in [0.5, 0.6) is 0 Å². The lowest BCUT2D eigenvalue weighted by atomic mass is 9.63. The first kappa shape index (κ1) is 39.4. The highest BCUT2D eigenvalue weighted by Crippen LogP contribution is 2.46. The molecule has 2 aromatic heterocycles. The average molecular weight is 853 g/mol. The standard InChI is InChI=1S/C62H52N2Si/c1-61(2)38-39-62(3,4)55-42-49(35-36-54(55)61)65(46-23-10-6-11-24-46,47-25-12-7-13-26-47)48-27-18-20-43(40-48)50-30-19-33-59-60(50)52-29-15-17-32-57(52)64(59)45-34-37-58-53(41-45)51-28-14-16-31-56(51)63(58)44-21-8-5-9-22-44/h5-37,40-42H,38-39H2,1-4H3. The Hall–Kier alpha value is -7.20. The summed E-state index contributed by atoms with van der Waals surface area (Å²) in [5.41, 5.74) is 12.9. The van der Waals surface area contributed by atoms with Crippen molar-refractivity contribution in [2.24, 2.45) is 0 Å². The van der Waals surface area contributed by atoms with Gasteiger partial charge in [0.15, 0.2) is 8.07 Å². The van der Waals surface area contributed by atoms with Gasteiger partial charge in [0, 0.05) is 32.9 Å². The summed E-state index contributed by atoms with van der Waals surface area (Å²) >= 11 is 0. The maximum atomic E-state index is 2.64. The second kappa shape index (κ2) is 14.9. The van der Waals surface area contributed by atoms with Crippen LogP contribution in [0.25, 0.3) is 66.1 Å². The fraction of sp³-hybridized carbons (Fsp3) is 0.129. The van der Waals surface area contributed by atoms with Gasteiger partial charge in [-0.15, -0.1) is 0 Å². The molecule has 1 aliphatic rings. The van der Waals surface area contributed by atoms with Crippen LogP contribution in [0.2, 0.25) is 0 Å². The van der Waals surface area contributed by atoms with E-state index in [1.807, 2.05) is 0 Å². The van der Waals surface area contributed by atoms with E-state index in [-0.39, 0.29) is 10.8 Å². The third-order valence-corrected chi connectivity index (χ3v) is 19.7. The smallest absolute Gasteiger partial charge is 0.179 e. The molecule has 0 radical (unpaired) electrons. The van der Waals surface area contributed by atoms with Crippen LogP contribution in [0.1, 0.15) is 51.7 Å². The molecular weight excluding hydrogens is 801 g/mol. The lowest BCUT2D eigenvalue weighted by molar-refractivity contribution is 0.332. The van der Waals surface area contributed by atoms with Crippen molar-refractivity contribution in [1.82, 2.24) is 9.13 Å². The molecule has 2 heterocycles. The fourth-order valence-electron chi connectivity index (χ4n) is 11.6. The van der Waals surface area contributed by atoms with Crippen molar-refractivity contribution in [1.29, 1.82) is 0 Å². The van der Waals surface area contributed by atoms with Crippen molar-refractivity contribution < 1.29 is 0 Å². The van der Waals surface area contributed by atoms with Gasteiger partial charge in [0.05, 0.1) is 22.1 Å². The molecule has 0 unspecified atom stereocenters. The summed E-state index contributed by atoms with van der Waals surface area (Å²) in [6, 6.07) is 82.5. The quantitative estimate of drug-likeness (QED) is 0.112. The summed E-state index contributed by atoms with van der Waals surface area (Å²) in [6.07, 6.45) is 2.38. The van der Waals surface area contributed by atoms with Gasteiger partial charge in [-0.1, -0.05) is 198 Å². The summed E-state index contributed by atoms with van der Waals surface area (Å²) in [6.45, 7) is 9.78. The molecule has 0 fully saturated rings. The average Bonchev–Trinajstić information content (AvgIpc) is 3.87. The van der Waals surface area contributed by atoms with Crippen molar-refractivity contribution in [3.8, 4) is 22.5 Å². The van der Waals surface area contributed by atoms with E-state index < -0.39 is 8.07 Å². The van der Waals surface area contributed by atoms with Crippen LogP contribution < -0.4 is 20.7 Å². The Kier molecular flexibility index (Phi) is 9.05. The molecular formula is C62H52N2Si. The zero-order valence-electron chi connectivity index (χ0n) is 37.6. The number of hydrogen-bond acceptors (Lipinski definition) is 0. The van der Waals surface area contributed by atoms with Crippen molar-refractivity contribution in [2.75, 3.05) is 0 Å². The van der Waals surface area contributed by atoms with Gasteiger partial charge in [-0.05, 0) is 115 Å². The molecule has 12 rings (SSSR count). The molecule has 11 aromatic rings. The first-order valence-corrected chi connectivity index (χ1v) is 25.2. The number of nitrogens with zero attached hydrogens (tertiary/aromatic N) is 2. The van der Waals surface area contributed by atoms with Crippen LogP contribution in [0.4, 0.5) is 0 Å². The lowest BCUT2D eigenvalue weighted by Gasteiger charge is -2.43. The van der Waals surface area contributed by atoms with Gasteiger partial charge < -0.3 is 9.13 Å². The Balaban J connectivity index is 1.09. The molecule has 0 saturated carbocycles. The minimum absolute atomic E-state index is 0.0869. The molecule has 65 heavy (non-hydrogen) atoms. The summed E-state index contributed by atoms with van der Waals surface area (Å²) < 4.78 is 4.88. The Morgan fingerprint density at radius 2 is 0.877 bits per heavy atom. The molecule has 9 aromatic carbocycles. The molecule has 0 amide bonds. The maximum absolute atomic E-state index is 2.88. The second-order valence-corrected chi connectivity index (χ2v) is 23.3. The molecule has 314 valence electrons. The SMILES string of the molecule is CC1(C)CCC(C)(C)c2cc([Si](c3ccccc3)(c3ccccc3)c3cccc(-c4cccc5c4c4ccccc4n5-c4ccc5c(c4)c4ccccc4n5-c4ccccc4)c3)ccc21. The minimum Gasteiger partial charge on any atom is -0.309 e. The number of rotatable bonds is 7. The minimum atomic E-state index is -2.88. The number of para-hydroxylation sites is 3. The first-order chi connectivity index (χ1) is 31.7. The normalized spacial score (nSPS) is 14.6. The topological polar surface area (TPSA) is 9.86 Å². The summed E-state index contributed by atoms with van der Waals surface area (Å²) in [5.74, 6) is 0. The highest BCUT2D eigenvalue weighted by molar-refractivity contribution is 7.20. The Morgan fingerprint density at radius 1 is 0.354 bits per heavy atom. The molecule has 0 spiro atoms. The van der Waals surface area contributed by atoms with E-state index in [1.54, 1.807) is 0 Å². The maximum Gasteiger partial charge on any atom is 0.179 e. The summed E-state index contributed by atoms with van der Waals surface area (Å²) in [7, 11) is -2.88. The number of benzene rings is 9. The largest absolute Gasteiger partial charge is 0.309 e. The first-order valence-electron chi connectivity index (χ1n) is 23.2. The summed E-state index contributed by atoms with van der Waals surface area (Å²) in [5, 5.41) is 10.7. The predicted molar refractivity (Wildman–Crippen MR) is 279 cm³/mol. The van der Waals surface area contributed by atoms with Crippen molar-refractivity contribution in [2.45, 2.75) is 51.4 Å². The molecule has 0 aliphatic heterocycles.